The highest BCUT2D eigenvalue weighted by molar-refractivity contribution is 5.77. The number of aromatic nitrogens is 4. The van der Waals surface area contributed by atoms with Gasteiger partial charge in [-0.05, 0) is 31.5 Å². The topological polar surface area (TPSA) is 73.0 Å². The van der Waals surface area contributed by atoms with E-state index in [-0.39, 0.29) is 16.9 Å². The molecule has 0 aliphatic carbocycles. The molecule has 10 heteroatoms. The Kier molecular flexibility index (Phi) is 5.19. The summed E-state index contributed by atoms with van der Waals surface area (Å²) in [7, 11) is 1.59. The number of rotatable bonds is 4. The molecule has 0 N–H and O–H groups in total. The molecule has 30 heavy (non-hydrogen) atoms. The van der Waals surface area contributed by atoms with Crippen LogP contribution in [0.5, 0.6) is 0 Å². The normalized spacial score (nSPS) is 17.7. The fourth-order valence-corrected chi connectivity index (χ4v) is 3.96. The number of benzene rings is 1. The standard InChI is InChI=1S/C20H20F3N5O2/c1-26-10-13(9-24-19(26)30)11-27-8-4-7-16(27)17-25-15-6-3-2-5-14(15)18(29)28(17)12-20(21,22)23/h2-3,5-6,9-10,16H,4,7-8,11-12H2,1H3. The van der Waals surface area contributed by atoms with Crippen molar-refractivity contribution in [3.63, 3.8) is 0 Å². The van der Waals surface area contributed by atoms with Crippen LogP contribution in [-0.4, -0.2) is 36.7 Å². The van der Waals surface area contributed by atoms with E-state index in [0.717, 1.165) is 16.6 Å². The number of fused-ring (bicyclic) bond motifs is 1. The average molecular weight is 419 g/mol. The first kappa shape index (κ1) is 20.3. The molecule has 1 fully saturated rings. The van der Waals surface area contributed by atoms with E-state index in [1.54, 1.807) is 31.4 Å². The van der Waals surface area contributed by atoms with Crippen LogP contribution in [0.4, 0.5) is 13.2 Å². The summed E-state index contributed by atoms with van der Waals surface area (Å²) in [5, 5.41) is 0.164. The Labute approximate surface area is 169 Å². The fraction of sp³-hybridized carbons (Fsp3) is 0.400. The summed E-state index contributed by atoms with van der Waals surface area (Å²) in [6.45, 7) is -0.354. The highest BCUT2D eigenvalue weighted by atomic mass is 19.4. The number of aryl methyl sites for hydroxylation is 1. The Morgan fingerprint density at radius 2 is 1.97 bits per heavy atom. The zero-order valence-electron chi connectivity index (χ0n) is 16.3. The van der Waals surface area contributed by atoms with Crippen molar-refractivity contribution in [2.45, 2.75) is 38.1 Å². The van der Waals surface area contributed by atoms with Gasteiger partial charge in [-0.2, -0.15) is 13.2 Å². The van der Waals surface area contributed by atoms with Crippen molar-refractivity contribution in [3.05, 3.63) is 68.9 Å². The lowest BCUT2D eigenvalue weighted by molar-refractivity contribution is -0.142. The summed E-state index contributed by atoms with van der Waals surface area (Å²) >= 11 is 0. The van der Waals surface area contributed by atoms with Crippen LogP contribution in [0, 0.1) is 0 Å². The van der Waals surface area contributed by atoms with Crippen LogP contribution in [0.1, 0.15) is 30.3 Å². The molecule has 0 spiro atoms. The summed E-state index contributed by atoms with van der Waals surface area (Å²) in [6, 6.07) is 5.99. The molecule has 0 radical (unpaired) electrons. The number of halogens is 3. The molecule has 0 saturated carbocycles. The molecule has 1 saturated heterocycles. The van der Waals surface area contributed by atoms with Crippen LogP contribution in [0.3, 0.4) is 0 Å². The first-order valence-electron chi connectivity index (χ1n) is 9.55. The second-order valence-corrected chi connectivity index (χ2v) is 7.48. The van der Waals surface area contributed by atoms with Crippen molar-refractivity contribution in [1.29, 1.82) is 0 Å². The van der Waals surface area contributed by atoms with Crippen LogP contribution in [0.2, 0.25) is 0 Å². The lowest BCUT2D eigenvalue weighted by Crippen LogP contribution is -2.35. The van der Waals surface area contributed by atoms with Crippen molar-refractivity contribution in [3.8, 4) is 0 Å². The number of para-hydroxylation sites is 1. The quantitative estimate of drug-likeness (QED) is 0.649. The van der Waals surface area contributed by atoms with Gasteiger partial charge in [0.05, 0.1) is 16.9 Å². The van der Waals surface area contributed by atoms with E-state index in [9.17, 15) is 22.8 Å². The SMILES string of the molecule is Cn1cc(CN2CCCC2c2nc3ccccc3c(=O)n2CC(F)(F)F)cnc1=O. The molecule has 7 nitrogen and oxygen atoms in total. The second kappa shape index (κ2) is 7.67. The number of hydrogen-bond acceptors (Lipinski definition) is 5. The van der Waals surface area contributed by atoms with Gasteiger partial charge in [0.1, 0.15) is 12.4 Å². The molecule has 1 unspecified atom stereocenters. The minimum Gasteiger partial charge on any atom is -0.302 e. The van der Waals surface area contributed by atoms with Crippen molar-refractivity contribution in [2.75, 3.05) is 6.54 Å². The molecule has 1 atom stereocenters. The average Bonchev–Trinajstić information content (AvgIpc) is 3.14. The van der Waals surface area contributed by atoms with Crippen molar-refractivity contribution in [2.24, 2.45) is 7.05 Å². The molecular formula is C20H20F3N5O2. The number of likely N-dealkylation sites (tertiary alicyclic amines) is 1. The van der Waals surface area contributed by atoms with Crippen LogP contribution < -0.4 is 11.2 Å². The largest absolute Gasteiger partial charge is 0.406 e. The number of hydrogen-bond donors (Lipinski definition) is 0. The number of nitrogens with zero attached hydrogens (tertiary/aromatic N) is 5. The first-order valence-corrected chi connectivity index (χ1v) is 9.55. The predicted molar refractivity (Wildman–Crippen MR) is 104 cm³/mol. The zero-order chi connectivity index (χ0) is 21.5. The first-order chi connectivity index (χ1) is 14.2. The minimum absolute atomic E-state index is 0.117. The summed E-state index contributed by atoms with van der Waals surface area (Å²) in [5.74, 6) is 0.117. The summed E-state index contributed by atoms with van der Waals surface area (Å²) in [4.78, 5) is 34.7. The van der Waals surface area contributed by atoms with E-state index in [4.69, 9.17) is 0 Å². The highest BCUT2D eigenvalue weighted by Crippen LogP contribution is 2.33. The third-order valence-corrected chi connectivity index (χ3v) is 5.28. The lowest BCUT2D eigenvalue weighted by Gasteiger charge is -2.27. The van der Waals surface area contributed by atoms with Crippen LogP contribution in [0.25, 0.3) is 10.9 Å². The Morgan fingerprint density at radius 1 is 1.20 bits per heavy atom. The van der Waals surface area contributed by atoms with Crippen molar-refractivity contribution >= 4 is 10.9 Å². The Balaban J connectivity index is 1.78. The molecule has 158 valence electrons. The smallest absolute Gasteiger partial charge is 0.302 e. The van der Waals surface area contributed by atoms with Gasteiger partial charge in [-0.15, -0.1) is 0 Å². The highest BCUT2D eigenvalue weighted by Gasteiger charge is 2.35. The summed E-state index contributed by atoms with van der Waals surface area (Å²) in [6.07, 6.45) is -0.0795. The zero-order valence-corrected chi connectivity index (χ0v) is 16.3. The van der Waals surface area contributed by atoms with Crippen LogP contribution >= 0.6 is 0 Å². The van der Waals surface area contributed by atoms with Gasteiger partial charge in [-0.3, -0.25) is 14.3 Å². The van der Waals surface area contributed by atoms with E-state index >= 15 is 0 Å². The second-order valence-electron chi connectivity index (χ2n) is 7.48. The van der Waals surface area contributed by atoms with Gasteiger partial charge in [0.15, 0.2) is 0 Å². The summed E-state index contributed by atoms with van der Waals surface area (Å²) < 4.78 is 41.9. The minimum atomic E-state index is -4.55. The van der Waals surface area contributed by atoms with Gasteiger partial charge in [-0.1, -0.05) is 12.1 Å². The van der Waals surface area contributed by atoms with Crippen LogP contribution in [-0.2, 0) is 20.1 Å². The van der Waals surface area contributed by atoms with E-state index in [1.807, 2.05) is 4.90 Å². The van der Waals surface area contributed by atoms with Crippen molar-refractivity contribution < 1.29 is 13.2 Å². The third-order valence-electron chi connectivity index (χ3n) is 5.28. The molecular weight excluding hydrogens is 399 g/mol. The number of alkyl halides is 3. The van der Waals surface area contributed by atoms with Gasteiger partial charge in [0.2, 0.25) is 0 Å². The maximum absolute atomic E-state index is 13.3. The molecule has 2 aromatic heterocycles. The molecule has 1 aromatic carbocycles. The van der Waals surface area contributed by atoms with E-state index in [1.165, 1.54) is 16.8 Å². The van der Waals surface area contributed by atoms with Gasteiger partial charge < -0.3 is 4.57 Å². The molecule has 0 bridgehead atoms. The molecule has 3 aromatic rings. The molecule has 1 aliphatic rings. The molecule has 1 aliphatic heterocycles. The van der Waals surface area contributed by atoms with Gasteiger partial charge >= 0.3 is 11.9 Å². The van der Waals surface area contributed by atoms with Gasteiger partial charge in [-0.25, -0.2) is 14.8 Å². The molecule has 3 heterocycles. The Hall–Kier alpha value is -3.01. The molecule has 4 rings (SSSR count). The maximum atomic E-state index is 13.3. The Morgan fingerprint density at radius 3 is 2.70 bits per heavy atom. The van der Waals surface area contributed by atoms with Gasteiger partial charge in [0, 0.05) is 31.5 Å². The lowest BCUT2D eigenvalue weighted by atomic mass is 10.1. The summed E-state index contributed by atoms with van der Waals surface area (Å²) in [5.41, 5.74) is 0.0662. The van der Waals surface area contributed by atoms with E-state index in [0.29, 0.717) is 25.0 Å². The van der Waals surface area contributed by atoms with Crippen LogP contribution in [0.15, 0.2) is 46.2 Å². The Bertz CT molecular complexity index is 1200. The molecule has 0 amide bonds. The fourth-order valence-electron chi connectivity index (χ4n) is 3.96. The van der Waals surface area contributed by atoms with E-state index in [2.05, 4.69) is 9.97 Å². The van der Waals surface area contributed by atoms with E-state index < -0.39 is 24.3 Å². The predicted octanol–water partition coefficient (Wildman–Crippen LogP) is 2.39. The monoisotopic (exact) mass is 419 g/mol. The third kappa shape index (κ3) is 4.00. The maximum Gasteiger partial charge on any atom is 0.406 e. The van der Waals surface area contributed by atoms with Gasteiger partial charge in [0.25, 0.3) is 5.56 Å². The van der Waals surface area contributed by atoms with Crippen molar-refractivity contribution in [1.82, 2.24) is 24.0 Å².